The quantitative estimate of drug-likeness (QED) is 0.188. The average molecular weight is 481 g/mol. The number of allylic oxidation sites excluding steroid dienone is 1. The van der Waals surface area contributed by atoms with Crippen LogP contribution in [-0.2, 0) is 13.2 Å². The summed E-state index contributed by atoms with van der Waals surface area (Å²) in [6, 6.07) is 29.7. The highest BCUT2D eigenvalue weighted by Crippen LogP contribution is 2.29. The van der Waals surface area contributed by atoms with Gasteiger partial charge in [0.1, 0.15) is 36.2 Å². The Bertz CT molecular complexity index is 1310. The van der Waals surface area contributed by atoms with Crippen LogP contribution in [0.3, 0.4) is 0 Å². The van der Waals surface area contributed by atoms with Crippen molar-refractivity contribution in [1.82, 2.24) is 0 Å². The van der Waals surface area contributed by atoms with Gasteiger partial charge in [0.15, 0.2) is 5.78 Å². The van der Waals surface area contributed by atoms with Crippen molar-refractivity contribution in [2.75, 3.05) is 6.61 Å². The van der Waals surface area contributed by atoms with Gasteiger partial charge in [-0.3, -0.25) is 4.79 Å². The highest BCUT2D eigenvalue weighted by Gasteiger charge is 2.13. The Hall–Kier alpha value is -4.51. The van der Waals surface area contributed by atoms with Gasteiger partial charge in [0.25, 0.3) is 0 Å². The van der Waals surface area contributed by atoms with Crippen LogP contribution in [0.2, 0.25) is 0 Å². The van der Waals surface area contributed by atoms with E-state index >= 15 is 0 Å². The molecule has 0 aromatic heterocycles. The highest BCUT2D eigenvalue weighted by atomic mass is 16.5. The molecule has 182 valence electrons. The molecule has 0 unspecified atom stereocenters. The Morgan fingerprint density at radius 2 is 1.42 bits per heavy atom. The van der Waals surface area contributed by atoms with Crippen LogP contribution in [0, 0.1) is 0 Å². The highest BCUT2D eigenvalue weighted by molar-refractivity contribution is 6.08. The van der Waals surface area contributed by atoms with Gasteiger partial charge in [0, 0.05) is 17.7 Å². The third kappa shape index (κ3) is 6.76. The molecule has 5 nitrogen and oxygen atoms in total. The Morgan fingerprint density at radius 3 is 2.08 bits per heavy atom. The average Bonchev–Trinajstić information content (AvgIpc) is 2.91. The van der Waals surface area contributed by atoms with E-state index in [4.69, 9.17) is 14.2 Å². The van der Waals surface area contributed by atoms with Crippen molar-refractivity contribution in [3.63, 3.8) is 0 Å². The molecular weight excluding hydrogens is 452 g/mol. The van der Waals surface area contributed by atoms with Crippen LogP contribution >= 0.6 is 0 Å². The largest absolute Gasteiger partial charge is 0.508 e. The molecule has 0 spiro atoms. The third-order valence-electron chi connectivity index (χ3n) is 5.42. The van der Waals surface area contributed by atoms with Gasteiger partial charge < -0.3 is 19.3 Å². The van der Waals surface area contributed by atoms with E-state index in [-0.39, 0.29) is 11.5 Å². The number of hydrogen-bond donors (Lipinski definition) is 1. The first-order valence-electron chi connectivity index (χ1n) is 11.8. The van der Waals surface area contributed by atoms with Crippen LogP contribution in [0.5, 0.6) is 23.0 Å². The van der Waals surface area contributed by atoms with Gasteiger partial charge in [0.2, 0.25) is 0 Å². The lowest BCUT2D eigenvalue weighted by Gasteiger charge is -2.13. The maximum absolute atomic E-state index is 13.2. The number of rotatable bonds is 11. The van der Waals surface area contributed by atoms with Crippen molar-refractivity contribution in [3.8, 4) is 23.0 Å². The van der Waals surface area contributed by atoms with E-state index in [1.165, 1.54) is 12.1 Å². The number of ether oxygens (including phenoxy) is 3. The zero-order chi connectivity index (χ0) is 25.2. The fourth-order valence-electron chi connectivity index (χ4n) is 3.59. The zero-order valence-electron chi connectivity index (χ0n) is 20.1. The number of hydrogen-bond acceptors (Lipinski definition) is 5. The summed E-state index contributed by atoms with van der Waals surface area (Å²) in [7, 11) is 0. The van der Waals surface area contributed by atoms with E-state index in [0.29, 0.717) is 48.2 Å². The molecule has 0 aliphatic rings. The minimum atomic E-state index is -0.219. The number of phenolic OH excluding ortho intramolecular Hbond substituents is 1. The second-order valence-corrected chi connectivity index (χ2v) is 8.06. The molecule has 5 heteroatoms. The molecule has 0 saturated heterocycles. The van der Waals surface area contributed by atoms with Crippen LogP contribution < -0.4 is 14.2 Å². The van der Waals surface area contributed by atoms with Gasteiger partial charge >= 0.3 is 0 Å². The Morgan fingerprint density at radius 1 is 0.750 bits per heavy atom. The first-order valence-corrected chi connectivity index (χ1v) is 11.8. The van der Waals surface area contributed by atoms with Gasteiger partial charge in [-0.15, -0.1) is 0 Å². The summed E-state index contributed by atoms with van der Waals surface area (Å²) >= 11 is 0. The molecule has 0 aliphatic carbocycles. The van der Waals surface area contributed by atoms with Crippen LogP contribution in [0.4, 0.5) is 0 Å². The van der Waals surface area contributed by atoms with Crippen molar-refractivity contribution in [2.45, 2.75) is 20.1 Å². The minimum absolute atomic E-state index is 0.101. The smallest absolute Gasteiger partial charge is 0.189 e. The van der Waals surface area contributed by atoms with Gasteiger partial charge in [-0.2, -0.15) is 0 Å². The van der Waals surface area contributed by atoms with Crippen LogP contribution in [-0.4, -0.2) is 17.5 Å². The summed E-state index contributed by atoms with van der Waals surface area (Å²) in [5.41, 5.74) is 3.15. The summed E-state index contributed by atoms with van der Waals surface area (Å²) in [5, 5.41) is 9.75. The first-order chi connectivity index (χ1) is 17.6. The van der Waals surface area contributed by atoms with Crippen LogP contribution in [0.25, 0.3) is 6.08 Å². The van der Waals surface area contributed by atoms with Crippen molar-refractivity contribution in [1.29, 1.82) is 0 Å². The first kappa shape index (κ1) is 24.6. The molecule has 0 fully saturated rings. The maximum Gasteiger partial charge on any atom is 0.189 e. The van der Waals surface area contributed by atoms with Gasteiger partial charge in [-0.05, 0) is 54.5 Å². The lowest BCUT2D eigenvalue weighted by molar-refractivity contribution is 0.104. The molecule has 36 heavy (non-hydrogen) atoms. The monoisotopic (exact) mass is 480 g/mol. The molecule has 1 N–H and O–H groups in total. The number of carbonyl (C=O) groups excluding carboxylic acids is 1. The van der Waals surface area contributed by atoms with Gasteiger partial charge in [0.05, 0.1) is 12.2 Å². The summed E-state index contributed by atoms with van der Waals surface area (Å²) in [6.45, 7) is 3.03. The van der Waals surface area contributed by atoms with Gasteiger partial charge in [-0.1, -0.05) is 60.7 Å². The number of benzene rings is 4. The molecule has 0 amide bonds. The standard InChI is InChI=1S/C31H28O5/c1-2-34-30-19-26(32)15-13-25(30)14-18-29(33)28-17-16-27(35-21-23-9-5-3-6-10-23)20-31(28)36-22-24-11-7-4-8-12-24/h3-20,32H,2,21-22H2,1H3. The number of carbonyl (C=O) groups is 1. The minimum Gasteiger partial charge on any atom is -0.508 e. The summed E-state index contributed by atoms with van der Waals surface area (Å²) in [5.74, 6) is 1.44. The third-order valence-corrected chi connectivity index (χ3v) is 5.42. The molecule has 0 saturated carbocycles. The van der Waals surface area contributed by atoms with E-state index < -0.39 is 0 Å². The van der Waals surface area contributed by atoms with E-state index in [0.717, 1.165) is 11.1 Å². The lowest BCUT2D eigenvalue weighted by atomic mass is 10.1. The van der Waals surface area contributed by atoms with Crippen LogP contribution in [0.1, 0.15) is 34.0 Å². The molecule has 0 atom stereocenters. The predicted molar refractivity (Wildman–Crippen MR) is 141 cm³/mol. The second kappa shape index (κ2) is 12.3. The molecule has 4 rings (SSSR count). The number of ketones is 1. The number of phenols is 1. The fourth-order valence-corrected chi connectivity index (χ4v) is 3.59. The molecule has 4 aromatic rings. The van der Waals surface area contributed by atoms with Crippen molar-refractivity contribution in [3.05, 3.63) is 125 Å². The molecule has 4 aromatic carbocycles. The molecule has 0 heterocycles. The fraction of sp³-hybridized carbons (Fsp3) is 0.129. The Labute approximate surface area is 211 Å². The Balaban J connectivity index is 1.56. The van der Waals surface area contributed by atoms with E-state index in [1.54, 1.807) is 36.4 Å². The molecule has 0 bridgehead atoms. The molecule has 0 aliphatic heterocycles. The van der Waals surface area contributed by atoms with Crippen molar-refractivity contribution >= 4 is 11.9 Å². The Kier molecular flexibility index (Phi) is 8.39. The SMILES string of the molecule is CCOc1cc(O)ccc1C=CC(=O)c1ccc(OCc2ccccc2)cc1OCc1ccccc1. The second-order valence-electron chi connectivity index (χ2n) is 8.06. The summed E-state index contributed by atoms with van der Waals surface area (Å²) in [4.78, 5) is 13.2. The molecular formula is C31H28O5. The lowest BCUT2D eigenvalue weighted by Crippen LogP contribution is -2.04. The van der Waals surface area contributed by atoms with E-state index in [2.05, 4.69) is 0 Å². The molecule has 0 radical (unpaired) electrons. The predicted octanol–water partition coefficient (Wildman–Crippen LogP) is 6.85. The van der Waals surface area contributed by atoms with Crippen molar-refractivity contribution in [2.24, 2.45) is 0 Å². The number of aromatic hydroxyl groups is 1. The van der Waals surface area contributed by atoms with Crippen molar-refractivity contribution < 1.29 is 24.1 Å². The van der Waals surface area contributed by atoms with E-state index in [9.17, 15) is 9.90 Å². The zero-order valence-corrected chi connectivity index (χ0v) is 20.1. The summed E-state index contributed by atoms with van der Waals surface area (Å²) < 4.78 is 17.6. The van der Waals surface area contributed by atoms with E-state index in [1.807, 2.05) is 67.6 Å². The van der Waals surface area contributed by atoms with Gasteiger partial charge in [-0.25, -0.2) is 0 Å². The maximum atomic E-state index is 13.2. The summed E-state index contributed by atoms with van der Waals surface area (Å²) in [6.07, 6.45) is 3.15. The topological polar surface area (TPSA) is 65.0 Å². The van der Waals surface area contributed by atoms with Crippen LogP contribution in [0.15, 0.2) is 103 Å². The normalized spacial score (nSPS) is 10.8.